The SMILES string of the molecule is CCC(CC)(OC)N(C(C)=O)c1ccccc1Cl. The third kappa shape index (κ3) is 2.68. The van der Waals surface area contributed by atoms with Gasteiger partial charge in [0.15, 0.2) is 0 Å². The van der Waals surface area contributed by atoms with E-state index in [9.17, 15) is 4.79 Å². The van der Waals surface area contributed by atoms with Gasteiger partial charge < -0.3 is 4.74 Å². The fourth-order valence-electron chi connectivity index (χ4n) is 2.26. The standard InChI is InChI=1S/C14H20ClNO2/c1-5-14(6-2,18-4)16(11(3)17)13-10-8-7-9-12(13)15/h7-10H,5-6H2,1-4H3. The maximum absolute atomic E-state index is 12.0. The fraction of sp³-hybridized carbons (Fsp3) is 0.500. The van der Waals surface area contributed by atoms with E-state index in [2.05, 4.69) is 0 Å². The molecule has 0 atom stereocenters. The molecule has 18 heavy (non-hydrogen) atoms. The largest absolute Gasteiger partial charge is 0.358 e. The van der Waals surface area contributed by atoms with Crippen molar-refractivity contribution in [3.8, 4) is 0 Å². The normalized spacial score (nSPS) is 11.4. The van der Waals surface area contributed by atoms with E-state index in [1.165, 1.54) is 6.92 Å². The molecule has 0 saturated carbocycles. The van der Waals surface area contributed by atoms with Crippen LogP contribution in [-0.4, -0.2) is 18.7 Å². The van der Waals surface area contributed by atoms with Gasteiger partial charge in [-0.3, -0.25) is 9.69 Å². The van der Waals surface area contributed by atoms with Crippen LogP contribution in [0.1, 0.15) is 33.6 Å². The van der Waals surface area contributed by atoms with Gasteiger partial charge in [-0.25, -0.2) is 0 Å². The summed E-state index contributed by atoms with van der Waals surface area (Å²) < 4.78 is 5.62. The van der Waals surface area contributed by atoms with E-state index in [1.807, 2.05) is 32.0 Å². The second-order valence-corrected chi connectivity index (χ2v) is 4.57. The smallest absolute Gasteiger partial charge is 0.226 e. The van der Waals surface area contributed by atoms with Gasteiger partial charge in [-0.1, -0.05) is 37.6 Å². The molecular formula is C14H20ClNO2. The van der Waals surface area contributed by atoms with E-state index in [1.54, 1.807) is 18.1 Å². The lowest BCUT2D eigenvalue weighted by molar-refractivity contribution is -0.123. The number of carbonyl (C=O) groups excluding carboxylic acids is 1. The predicted molar refractivity (Wildman–Crippen MR) is 74.9 cm³/mol. The average molecular weight is 270 g/mol. The van der Waals surface area contributed by atoms with Crippen LogP contribution in [-0.2, 0) is 9.53 Å². The second kappa shape index (κ2) is 6.21. The molecule has 1 amide bonds. The zero-order chi connectivity index (χ0) is 13.8. The Morgan fingerprint density at radius 1 is 1.33 bits per heavy atom. The highest BCUT2D eigenvalue weighted by atomic mass is 35.5. The number of rotatable bonds is 5. The molecule has 1 aromatic rings. The van der Waals surface area contributed by atoms with Gasteiger partial charge in [-0.2, -0.15) is 0 Å². The Balaban J connectivity index is 3.34. The van der Waals surface area contributed by atoms with Gasteiger partial charge in [0, 0.05) is 14.0 Å². The number of para-hydroxylation sites is 1. The minimum atomic E-state index is -0.642. The Morgan fingerprint density at radius 2 is 1.89 bits per heavy atom. The van der Waals surface area contributed by atoms with Crippen LogP contribution >= 0.6 is 11.6 Å². The number of hydrogen-bond donors (Lipinski definition) is 0. The van der Waals surface area contributed by atoms with E-state index < -0.39 is 5.72 Å². The number of methoxy groups -OCH3 is 1. The molecule has 0 heterocycles. The van der Waals surface area contributed by atoms with Crippen LogP contribution in [0.5, 0.6) is 0 Å². The molecule has 0 unspecified atom stereocenters. The summed E-state index contributed by atoms with van der Waals surface area (Å²) in [5, 5.41) is 0.552. The number of hydrogen-bond acceptors (Lipinski definition) is 2. The molecule has 4 heteroatoms. The van der Waals surface area contributed by atoms with Gasteiger partial charge >= 0.3 is 0 Å². The number of carbonyl (C=O) groups is 1. The molecule has 0 bridgehead atoms. The van der Waals surface area contributed by atoms with Gasteiger partial charge in [0.1, 0.15) is 5.72 Å². The lowest BCUT2D eigenvalue weighted by atomic mass is 10.0. The molecule has 0 spiro atoms. The Kier molecular flexibility index (Phi) is 5.17. The van der Waals surface area contributed by atoms with Crippen LogP contribution in [0.2, 0.25) is 5.02 Å². The molecule has 1 aromatic carbocycles. The molecule has 3 nitrogen and oxygen atoms in total. The molecule has 0 aromatic heterocycles. The average Bonchev–Trinajstić information content (AvgIpc) is 2.37. The topological polar surface area (TPSA) is 29.5 Å². The minimum absolute atomic E-state index is 0.0753. The number of halogens is 1. The lowest BCUT2D eigenvalue weighted by Crippen LogP contribution is -2.52. The van der Waals surface area contributed by atoms with Crippen molar-refractivity contribution in [2.24, 2.45) is 0 Å². The summed E-state index contributed by atoms with van der Waals surface area (Å²) in [6, 6.07) is 7.32. The minimum Gasteiger partial charge on any atom is -0.358 e. The Labute approximate surface area is 114 Å². The molecule has 0 aliphatic carbocycles. The van der Waals surface area contributed by atoms with Crippen LogP contribution in [0.15, 0.2) is 24.3 Å². The first-order valence-electron chi connectivity index (χ1n) is 6.12. The van der Waals surface area contributed by atoms with Crippen LogP contribution in [0.3, 0.4) is 0 Å². The molecule has 1 rings (SSSR count). The maximum Gasteiger partial charge on any atom is 0.226 e. The summed E-state index contributed by atoms with van der Waals surface area (Å²) in [6.45, 7) is 5.53. The zero-order valence-corrected chi connectivity index (χ0v) is 12.1. The molecule has 0 fully saturated rings. The first-order chi connectivity index (χ1) is 8.52. The molecule has 0 N–H and O–H groups in total. The van der Waals surface area contributed by atoms with Crippen molar-refractivity contribution in [2.45, 2.75) is 39.3 Å². The first-order valence-corrected chi connectivity index (χ1v) is 6.50. The van der Waals surface area contributed by atoms with Gasteiger partial charge in [0.25, 0.3) is 0 Å². The van der Waals surface area contributed by atoms with Crippen LogP contribution in [0, 0.1) is 0 Å². The Morgan fingerprint density at radius 3 is 2.28 bits per heavy atom. The first kappa shape index (κ1) is 15.0. The number of ether oxygens (including phenoxy) is 1. The number of nitrogens with zero attached hydrogens (tertiary/aromatic N) is 1. The molecule has 100 valence electrons. The van der Waals surface area contributed by atoms with Crippen molar-refractivity contribution < 1.29 is 9.53 Å². The summed E-state index contributed by atoms with van der Waals surface area (Å²) in [5.74, 6) is -0.0753. The quantitative estimate of drug-likeness (QED) is 0.760. The van der Waals surface area contributed by atoms with Gasteiger partial charge in [0.05, 0.1) is 10.7 Å². The Bertz CT molecular complexity index is 408. The predicted octanol–water partition coefficient (Wildman–Crippen LogP) is 3.86. The molecule has 0 saturated heterocycles. The van der Waals surface area contributed by atoms with E-state index in [0.29, 0.717) is 23.6 Å². The monoisotopic (exact) mass is 269 g/mol. The second-order valence-electron chi connectivity index (χ2n) is 4.16. The lowest BCUT2D eigenvalue weighted by Gasteiger charge is -2.41. The van der Waals surface area contributed by atoms with Crippen molar-refractivity contribution in [1.29, 1.82) is 0 Å². The molecular weight excluding hydrogens is 250 g/mol. The summed E-state index contributed by atoms with van der Waals surface area (Å²) >= 11 is 6.19. The molecule has 0 radical (unpaired) electrons. The number of anilines is 1. The van der Waals surface area contributed by atoms with Crippen LogP contribution < -0.4 is 4.90 Å². The summed E-state index contributed by atoms with van der Waals surface area (Å²) in [7, 11) is 1.62. The maximum atomic E-state index is 12.0. The van der Waals surface area contributed by atoms with E-state index in [4.69, 9.17) is 16.3 Å². The molecule has 0 aliphatic heterocycles. The van der Waals surface area contributed by atoms with E-state index in [-0.39, 0.29) is 5.91 Å². The van der Waals surface area contributed by atoms with Crippen molar-refractivity contribution in [1.82, 2.24) is 0 Å². The Hall–Kier alpha value is -1.06. The summed E-state index contributed by atoms with van der Waals surface area (Å²) in [6.07, 6.45) is 1.40. The summed E-state index contributed by atoms with van der Waals surface area (Å²) in [4.78, 5) is 13.7. The van der Waals surface area contributed by atoms with Gasteiger partial charge in [-0.15, -0.1) is 0 Å². The highest BCUT2D eigenvalue weighted by molar-refractivity contribution is 6.33. The third-order valence-corrected chi connectivity index (χ3v) is 3.62. The summed E-state index contributed by atoms with van der Waals surface area (Å²) in [5.41, 5.74) is 0.0498. The van der Waals surface area contributed by atoms with E-state index >= 15 is 0 Å². The van der Waals surface area contributed by atoms with Crippen molar-refractivity contribution in [3.63, 3.8) is 0 Å². The fourth-order valence-corrected chi connectivity index (χ4v) is 2.48. The zero-order valence-electron chi connectivity index (χ0n) is 11.4. The van der Waals surface area contributed by atoms with Gasteiger partial charge in [-0.05, 0) is 25.0 Å². The number of amides is 1. The third-order valence-electron chi connectivity index (χ3n) is 3.30. The van der Waals surface area contributed by atoms with E-state index in [0.717, 1.165) is 0 Å². The van der Waals surface area contributed by atoms with Gasteiger partial charge in [0.2, 0.25) is 5.91 Å². The highest BCUT2D eigenvalue weighted by Crippen LogP contribution is 2.35. The highest BCUT2D eigenvalue weighted by Gasteiger charge is 2.37. The van der Waals surface area contributed by atoms with Crippen LogP contribution in [0.4, 0.5) is 5.69 Å². The van der Waals surface area contributed by atoms with Crippen LogP contribution in [0.25, 0.3) is 0 Å². The van der Waals surface area contributed by atoms with Crippen molar-refractivity contribution in [3.05, 3.63) is 29.3 Å². The van der Waals surface area contributed by atoms with Crippen molar-refractivity contribution >= 4 is 23.2 Å². The number of benzene rings is 1. The van der Waals surface area contributed by atoms with Crippen molar-refractivity contribution in [2.75, 3.05) is 12.0 Å². The molecule has 0 aliphatic rings.